The van der Waals surface area contributed by atoms with Crippen LogP contribution in [0.3, 0.4) is 0 Å². The van der Waals surface area contributed by atoms with Crippen LogP contribution >= 0.6 is 0 Å². The third kappa shape index (κ3) is 4.95. The Morgan fingerprint density at radius 1 is 1.47 bits per heavy atom. The zero-order valence-electron chi connectivity index (χ0n) is 12.1. The molecule has 0 spiro atoms. The second-order valence-electron chi connectivity index (χ2n) is 4.88. The maximum absolute atomic E-state index is 12.0. The predicted octanol–water partition coefficient (Wildman–Crippen LogP) is 2.20. The van der Waals surface area contributed by atoms with E-state index in [9.17, 15) is 4.79 Å². The fraction of sp³-hybridized carbons (Fsp3) is 0.643. The van der Waals surface area contributed by atoms with Crippen molar-refractivity contribution in [1.82, 2.24) is 9.88 Å². The summed E-state index contributed by atoms with van der Waals surface area (Å²) in [6.45, 7) is 7.97. The van der Waals surface area contributed by atoms with E-state index in [1.54, 1.807) is 12.3 Å². The lowest BCUT2D eigenvalue weighted by Crippen LogP contribution is -2.29. The summed E-state index contributed by atoms with van der Waals surface area (Å²) in [6.07, 6.45) is 3.96. The Hall–Kier alpha value is -1.49. The molecule has 0 saturated carbocycles. The first-order valence-electron chi connectivity index (χ1n) is 6.89. The molecule has 0 bridgehead atoms. The van der Waals surface area contributed by atoms with Crippen LogP contribution in [0, 0.1) is 0 Å². The summed E-state index contributed by atoms with van der Waals surface area (Å²) in [5.41, 5.74) is 6.95. The van der Waals surface area contributed by atoms with Gasteiger partial charge in [-0.3, -0.25) is 4.79 Å². The summed E-state index contributed by atoms with van der Waals surface area (Å²) in [6, 6.07) is 1.91. The summed E-state index contributed by atoms with van der Waals surface area (Å²) in [5, 5.41) is 2.84. The molecule has 0 aliphatic rings. The largest absolute Gasteiger partial charge is 0.397 e. The smallest absolute Gasteiger partial charge is 0.268 e. The van der Waals surface area contributed by atoms with Crippen molar-refractivity contribution < 1.29 is 9.53 Å². The molecule has 1 aromatic rings. The van der Waals surface area contributed by atoms with Crippen LogP contribution in [0.2, 0.25) is 0 Å². The molecule has 5 nitrogen and oxygen atoms in total. The van der Waals surface area contributed by atoms with E-state index in [1.807, 2.05) is 18.4 Å². The molecule has 108 valence electrons. The van der Waals surface area contributed by atoms with Gasteiger partial charge in [0.2, 0.25) is 0 Å². The molecule has 0 aliphatic heterocycles. The van der Waals surface area contributed by atoms with Crippen molar-refractivity contribution >= 4 is 11.6 Å². The van der Waals surface area contributed by atoms with Crippen LogP contribution in [0.5, 0.6) is 0 Å². The Kier molecular flexibility index (Phi) is 6.42. The van der Waals surface area contributed by atoms with Crippen molar-refractivity contribution in [3.05, 3.63) is 18.0 Å². The van der Waals surface area contributed by atoms with Crippen molar-refractivity contribution in [3.8, 4) is 0 Å². The lowest BCUT2D eigenvalue weighted by molar-refractivity contribution is 0.0902. The molecule has 0 aliphatic carbocycles. The molecule has 0 aromatic carbocycles. The van der Waals surface area contributed by atoms with Gasteiger partial charge >= 0.3 is 0 Å². The number of rotatable bonds is 8. The molecular weight excluding hydrogens is 242 g/mol. The standard InChI is InChI=1S/C14H25N3O2/c1-4-5-7-19-8-6-16-14(18)13-9-12(15)10-17(13)11(2)3/h9-11H,4-8,15H2,1-3H3,(H,16,18). The molecule has 1 heterocycles. The molecule has 0 saturated heterocycles. The number of nitrogen functional groups attached to an aromatic ring is 1. The van der Waals surface area contributed by atoms with Crippen LogP contribution in [0.15, 0.2) is 12.3 Å². The Balaban J connectivity index is 2.41. The molecule has 1 aromatic heterocycles. The summed E-state index contributed by atoms with van der Waals surface area (Å²) >= 11 is 0. The Morgan fingerprint density at radius 3 is 2.84 bits per heavy atom. The van der Waals surface area contributed by atoms with Gasteiger partial charge in [-0.05, 0) is 26.3 Å². The molecule has 1 rings (SSSR count). The number of nitrogens with one attached hydrogen (secondary N) is 1. The van der Waals surface area contributed by atoms with Gasteiger partial charge in [-0.25, -0.2) is 0 Å². The summed E-state index contributed by atoms with van der Waals surface area (Å²) in [4.78, 5) is 12.0. The highest BCUT2D eigenvalue weighted by molar-refractivity contribution is 5.93. The second kappa shape index (κ2) is 7.84. The fourth-order valence-electron chi connectivity index (χ4n) is 1.79. The van der Waals surface area contributed by atoms with Crippen LogP contribution in [0.25, 0.3) is 0 Å². The van der Waals surface area contributed by atoms with Crippen LogP contribution in [0.1, 0.15) is 50.1 Å². The zero-order valence-corrected chi connectivity index (χ0v) is 12.1. The molecular formula is C14H25N3O2. The fourth-order valence-corrected chi connectivity index (χ4v) is 1.79. The number of ether oxygens (including phenoxy) is 1. The van der Waals surface area contributed by atoms with Crippen molar-refractivity contribution in [3.63, 3.8) is 0 Å². The molecule has 0 radical (unpaired) electrons. The lowest BCUT2D eigenvalue weighted by Gasteiger charge is -2.12. The molecule has 1 amide bonds. The SMILES string of the molecule is CCCCOCCNC(=O)c1cc(N)cn1C(C)C. The van der Waals surface area contributed by atoms with E-state index >= 15 is 0 Å². The van der Waals surface area contributed by atoms with Crippen molar-refractivity contribution in [2.45, 2.75) is 39.7 Å². The van der Waals surface area contributed by atoms with Gasteiger partial charge in [0.1, 0.15) is 5.69 Å². The summed E-state index contributed by atoms with van der Waals surface area (Å²) < 4.78 is 7.27. The number of carbonyl (C=O) groups excluding carboxylic acids is 1. The van der Waals surface area contributed by atoms with E-state index in [-0.39, 0.29) is 11.9 Å². The van der Waals surface area contributed by atoms with E-state index < -0.39 is 0 Å². The molecule has 0 unspecified atom stereocenters. The molecule has 5 heteroatoms. The van der Waals surface area contributed by atoms with Crippen molar-refractivity contribution in [1.29, 1.82) is 0 Å². The third-order valence-electron chi connectivity index (χ3n) is 2.83. The minimum atomic E-state index is -0.107. The number of anilines is 1. The third-order valence-corrected chi connectivity index (χ3v) is 2.83. The number of hydrogen-bond acceptors (Lipinski definition) is 3. The van der Waals surface area contributed by atoms with Gasteiger partial charge in [-0.15, -0.1) is 0 Å². The normalized spacial score (nSPS) is 10.9. The average molecular weight is 267 g/mol. The quantitative estimate of drug-likeness (QED) is 0.709. The van der Waals surface area contributed by atoms with Crippen molar-refractivity contribution in [2.24, 2.45) is 0 Å². The van der Waals surface area contributed by atoms with Gasteiger partial charge in [0.05, 0.1) is 12.3 Å². The van der Waals surface area contributed by atoms with Gasteiger partial charge in [0.15, 0.2) is 0 Å². The maximum Gasteiger partial charge on any atom is 0.268 e. The zero-order chi connectivity index (χ0) is 14.3. The van der Waals surface area contributed by atoms with E-state index in [0.717, 1.165) is 19.4 Å². The van der Waals surface area contributed by atoms with E-state index in [2.05, 4.69) is 12.2 Å². The number of nitrogens with two attached hydrogens (primary N) is 1. The highest BCUT2D eigenvalue weighted by Crippen LogP contribution is 2.16. The number of nitrogens with zero attached hydrogens (tertiary/aromatic N) is 1. The van der Waals surface area contributed by atoms with Gasteiger partial charge < -0.3 is 20.4 Å². The number of unbranched alkanes of at least 4 members (excludes halogenated alkanes) is 1. The topological polar surface area (TPSA) is 69.3 Å². The first-order valence-corrected chi connectivity index (χ1v) is 6.89. The number of carbonyl (C=O) groups is 1. The first-order chi connectivity index (χ1) is 9.06. The van der Waals surface area contributed by atoms with Crippen LogP contribution in [-0.4, -0.2) is 30.2 Å². The summed E-state index contributed by atoms with van der Waals surface area (Å²) in [5.74, 6) is -0.107. The first kappa shape index (κ1) is 15.6. The molecule has 19 heavy (non-hydrogen) atoms. The highest BCUT2D eigenvalue weighted by Gasteiger charge is 2.14. The van der Waals surface area contributed by atoms with E-state index in [1.165, 1.54) is 0 Å². The number of aromatic nitrogens is 1. The highest BCUT2D eigenvalue weighted by atomic mass is 16.5. The summed E-state index contributed by atoms with van der Waals surface area (Å²) in [7, 11) is 0. The second-order valence-corrected chi connectivity index (χ2v) is 4.88. The number of hydrogen-bond donors (Lipinski definition) is 2. The van der Waals surface area contributed by atoms with Gasteiger partial charge in [-0.2, -0.15) is 0 Å². The van der Waals surface area contributed by atoms with Gasteiger partial charge in [0, 0.05) is 25.4 Å². The van der Waals surface area contributed by atoms with Gasteiger partial charge in [0.25, 0.3) is 5.91 Å². The monoisotopic (exact) mass is 267 g/mol. The Labute approximate surface area is 115 Å². The van der Waals surface area contributed by atoms with Gasteiger partial charge in [-0.1, -0.05) is 13.3 Å². The Bertz CT molecular complexity index is 399. The van der Waals surface area contributed by atoms with E-state index in [4.69, 9.17) is 10.5 Å². The maximum atomic E-state index is 12.0. The minimum absolute atomic E-state index is 0.107. The van der Waals surface area contributed by atoms with Crippen LogP contribution in [-0.2, 0) is 4.74 Å². The Morgan fingerprint density at radius 2 is 2.21 bits per heavy atom. The number of amides is 1. The predicted molar refractivity (Wildman–Crippen MR) is 77.3 cm³/mol. The molecule has 0 atom stereocenters. The average Bonchev–Trinajstić information content (AvgIpc) is 2.76. The lowest BCUT2D eigenvalue weighted by atomic mass is 10.3. The van der Waals surface area contributed by atoms with E-state index in [0.29, 0.717) is 24.5 Å². The van der Waals surface area contributed by atoms with Crippen molar-refractivity contribution in [2.75, 3.05) is 25.5 Å². The molecule has 3 N–H and O–H groups in total. The van der Waals surface area contributed by atoms with Crippen LogP contribution < -0.4 is 11.1 Å². The molecule has 0 fully saturated rings. The minimum Gasteiger partial charge on any atom is -0.397 e. The van der Waals surface area contributed by atoms with Crippen LogP contribution in [0.4, 0.5) is 5.69 Å².